The molecule has 0 N–H and O–H groups in total. The number of aromatic nitrogens is 2. The Balaban J connectivity index is 1.83. The van der Waals surface area contributed by atoms with Crippen LogP contribution in [0.2, 0.25) is 0 Å². The minimum absolute atomic E-state index is 0.0789. The molecule has 0 unspecified atom stereocenters. The molecular weight excluding hydrogens is 382 g/mol. The van der Waals surface area contributed by atoms with E-state index >= 15 is 0 Å². The van der Waals surface area contributed by atoms with E-state index in [1.54, 1.807) is 14.2 Å². The number of aryl methyl sites for hydroxylation is 1. The third kappa shape index (κ3) is 3.12. The lowest BCUT2D eigenvalue weighted by Gasteiger charge is -2.20. The first kappa shape index (κ1) is 19.7. The molecule has 7 heteroatoms. The Hall–Kier alpha value is -3.61. The first-order valence-electron chi connectivity index (χ1n) is 9.65. The van der Waals surface area contributed by atoms with E-state index in [1.165, 1.54) is 6.33 Å². The quantitative estimate of drug-likeness (QED) is 0.415. The van der Waals surface area contributed by atoms with Gasteiger partial charge in [0.25, 0.3) is 0 Å². The van der Waals surface area contributed by atoms with E-state index in [4.69, 9.17) is 13.9 Å². The highest BCUT2D eigenvalue weighted by Gasteiger charge is 2.19. The normalized spacial score (nSPS) is 11.1. The van der Waals surface area contributed by atoms with Gasteiger partial charge in [0.1, 0.15) is 23.5 Å². The standard InChI is InChI=1S/C23H23N3O4/c1-6-18(27)22-13(2)30-19-9-14(7-8-15(19)22)26(3)23-16-10-20(28-4)21(29-5)11-17(16)24-12-25-23/h7-12H,6H2,1-5H3. The van der Waals surface area contributed by atoms with Crippen LogP contribution in [0, 0.1) is 6.92 Å². The summed E-state index contributed by atoms with van der Waals surface area (Å²) in [6, 6.07) is 9.50. The van der Waals surface area contributed by atoms with E-state index in [0.29, 0.717) is 40.6 Å². The lowest BCUT2D eigenvalue weighted by Crippen LogP contribution is -2.12. The maximum Gasteiger partial charge on any atom is 0.166 e. The summed E-state index contributed by atoms with van der Waals surface area (Å²) in [5, 5.41) is 1.66. The number of hydrogen-bond donors (Lipinski definition) is 0. The molecule has 0 aliphatic heterocycles. The molecule has 0 bridgehead atoms. The summed E-state index contributed by atoms with van der Waals surface area (Å²) in [5.41, 5.74) is 2.95. The molecule has 4 aromatic rings. The molecule has 2 aromatic carbocycles. The Morgan fingerprint density at radius 2 is 1.80 bits per heavy atom. The molecule has 0 amide bonds. The molecule has 2 heterocycles. The van der Waals surface area contributed by atoms with Crippen molar-refractivity contribution in [1.29, 1.82) is 0 Å². The van der Waals surface area contributed by atoms with E-state index in [-0.39, 0.29) is 5.78 Å². The van der Waals surface area contributed by atoms with E-state index in [9.17, 15) is 4.79 Å². The Bertz CT molecular complexity index is 1260. The Morgan fingerprint density at radius 1 is 1.07 bits per heavy atom. The lowest BCUT2D eigenvalue weighted by molar-refractivity contribution is 0.0988. The highest BCUT2D eigenvalue weighted by molar-refractivity contribution is 6.08. The van der Waals surface area contributed by atoms with Gasteiger partial charge in [0.2, 0.25) is 0 Å². The number of ketones is 1. The summed E-state index contributed by atoms with van der Waals surface area (Å²) in [5.74, 6) is 2.65. The fraction of sp³-hybridized carbons (Fsp3) is 0.261. The average Bonchev–Trinajstić information content (AvgIpc) is 3.11. The first-order chi connectivity index (χ1) is 14.5. The molecule has 0 radical (unpaired) electrons. The van der Waals surface area contributed by atoms with Gasteiger partial charge in [0.15, 0.2) is 17.3 Å². The van der Waals surface area contributed by atoms with Crippen LogP contribution in [0.15, 0.2) is 41.1 Å². The number of benzene rings is 2. The van der Waals surface area contributed by atoms with E-state index in [0.717, 1.165) is 22.0 Å². The number of methoxy groups -OCH3 is 2. The molecule has 4 rings (SSSR count). The van der Waals surface area contributed by atoms with Crippen LogP contribution in [0.3, 0.4) is 0 Å². The van der Waals surface area contributed by atoms with Gasteiger partial charge >= 0.3 is 0 Å². The van der Waals surface area contributed by atoms with Crippen LogP contribution < -0.4 is 14.4 Å². The zero-order valence-corrected chi connectivity index (χ0v) is 17.6. The maximum absolute atomic E-state index is 12.3. The molecule has 0 fully saturated rings. The van der Waals surface area contributed by atoms with Crippen molar-refractivity contribution in [2.45, 2.75) is 20.3 Å². The Labute approximate surface area is 174 Å². The van der Waals surface area contributed by atoms with Crippen molar-refractivity contribution in [1.82, 2.24) is 9.97 Å². The smallest absolute Gasteiger partial charge is 0.166 e. The molecule has 154 valence electrons. The number of ether oxygens (including phenoxy) is 2. The van der Waals surface area contributed by atoms with E-state index in [1.807, 2.05) is 56.1 Å². The fourth-order valence-corrected chi connectivity index (χ4v) is 3.70. The highest BCUT2D eigenvalue weighted by Crippen LogP contribution is 2.37. The van der Waals surface area contributed by atoms with Crippen molar-refractivity contribution in [3.63, 3.8) is 0 Å². The zero-order valence-electron chi connectivity index (χ0n) is 17.6. The monoisotopic (exact) mass is 405 g/mol. The lowest BCUT2D eigenvalue weighted by atomic mass is 10.0. The molecule has 0 saturated carbocycles. The van der Waals surface area contributed by atoms with Gasteiger partial charge in [-0.25, -0.2) is 9.97 Å². The largest absolute Gasteiger partial charge is 0.493 e. The van der Waals surface area contributed by atoms with E-state index < -0.39 is 0 Å². The number of carbonyl (C=O) groups excluding carboxylic acids is 1. The molecular formula is C23H23N3O4. The second kappa shape index (κ2) is 7.67. The van der Waals surface area contributed by atoms with Crippen molar-refractivity contribution >= 4 is 39.2 Å². The van der Waals surface area contributed by atoms with Crippen LogP contribution in [0.25, 0.3) is 21.9 Å². The van der Waals surface area contributed by atoms with Crippen LogP contribution in [0.5, 0.6) is 11.5 Å². The Kier molecular flexibility index (Phi) is 5.03. The predicted octanol–water partition coefficient (Wildman–Crippen LogP) is 5.06. The first-order valence-corrected chi connectivity index (χ1v) is 9.65. The molecule has 0 atom stereocenters. The van der Waals surface area contributed by atoms with Gasteiger partial charge in [-0.15, -0.1) is 0 Å². The van der Waals surface area contributed by atoms with E-state index in [2.05, 4.69) is 9.97 Å². The molecule has 0 aliphatic carbocycles. The van der Waals surface area contributed by atoms with Gasteiger partial charge in [-0.05, 0) is 25.1 Å². The molecule has 2 aromatic heterocycles. The van der Waals surface area contributed by atoms with Gasteiger partial charge in [-0.2, -0.15) is 0 Å². The second-order valence-electron chi connectivity index (χ2n) is 6.97. The second-order valence-corrected chi connectivity index (χ2v) is 6.97. The Morgan fingerprint density at radius 3 is 2.50 bits per heavy atom. The van der Waals surface area contributed by atoms with Gasteiger partial charge < -0.3 is 18.8 Å². The third-order valence-corrected chi connectivity index (χ3v) is 5.27. The number of carbonyl (C=O) groups is 1. The molecule has 0 saturated heterocycles. The van der Waals surface area contributed by atoms with Crippen LogP contribution >= 0.6 is 0 Å². The van der Waals surface area contributed by atoms with Crippen LogP contribution in [-0.2, 0) is 0 Å². The topological polar surface area (TPSA) is 77.7 Å². The third-order valence-electron chi connectivity index (χ3n) is 5.27. The van der Waals surface area contributed by atoms with Gasteiger partial charge in [0, 0.05) is 42.1 Å². The predicted molar refractivity (Wildman–Crippen MR) is 116 cm³/mol. The number of fused-ring (bicyclic) bond motifs is 2. The number of anilines is 2. The van der Waals surface area contributed by atoms with Crippen LogP contribution in [0.4, 0.5) is 11.5 Å². The number of nitrogens with zero attached hydrogens (tertiary/aromatic N) is 3. The number of Topliss-reactive ketones (excluding diaryl/α,β-unsaturated/α-hetero) is 1. The van der Waals surface area contributed by atoms with Crippen molar-refractivity contribution < 1.29 is 18.7 Å². The van der Waals surface area contributed by atoms with Gasteiger partial charge in [-0.3, -0.25) is 4.79 Å². The minimum atomic E-state index is 0.0789. The summed E-state index contributed by atoms with van der Waals surface area (Å²) >= 11 is 0. The number of furan rings is 1. The summed E-state index contributed by atoms with van der Waals surface area (Å²) in [7, 11) is 5.11. The fourth-order valence-electron chi connectivity index (χ4n) is 3.70. The van der Waals surface area contributed by atoms with Crippen LogP contribution in [-0.4, -0.2) is 37.0 Å². The summed E-state index contributed by atoms with van der Waals surface area (Å²) in [4.78, 5) is 23.1. The highest BCUT2D eigenvalue weighted by atomic mass is 16.5. The molecule has 7 nitrogen and oxygen atoms in total. The number of hydrogen-bond acceptors (Lipinski definition) is 7. The van der Waals surface area contributed by atoms with Crippen molar-refractivity contribution in [3.05, 3.63) is 48.0 Å². The van der Waals surface area contributed by atoms with Gasteiger partial charge in [0.05, 0.1) is 25.3 Å². The summed E-state index contributed by atoms with van der Waals surface area (Å²) < 4.78 is 16.7. The van der Waals surface area contributed by atoms with Crippen molar-refractivity contribution in [3.8, 4) is 11.5 Å². The van der Waals surface area contributed by atoms with Crippen molar-refractivity contribution in [2.24, 2.45) is 0 Å². The molecule has 0 spiro atoms. The minimum Gasteiger partial charge on any atom is -0.493 e. The average molecular weight is 405 g/mol. The molecule has 30 heavy (non-hydrogen) atoms. The molecule has 0 aliphatic rings. The van der Waals surface area contributed by atoms with Crippen molar-refractivity contribution in [2.75, 3.05) is 26.2 Å². The SMILES string of the molecule is CCC(=O)c1c(C)oc2cc(N(C)c3ncnc4cc(OC)c(OC)cc34)ccc12. The maximum atomic E-state index is 12.3. The van der Waals surface area contributed by atoms with Gasteiger partial charge in [-0.1, -0.05) is 6.92 Å². The summed E-state index contributed by atoms with van der Waals surface area (Å²) in [6.07, 6.45) is 1.96. The number of rotatable bonds is 6. The zero-order chi connectivity index (χ0) is 21.4. The van der Waals surface area contributed by atoms with Crippen LogP contribution in [0.1, 0.15) is 29.5 Å². The summed E-state index contributed by atoms with van der Waals surface area (Å²) in [6.45, 7) is 3.68.